The molecule has 0 atom stereocenters. The fraction of sp³-hybridized carbons (Fsp3) is 0.500. The van der Waals surface area contributed by atoms with Gasteiger partial charge in [-0.05, 0) is 26.0 Å². The number of aromatic nitrogens is 3. The molecule has 0 amide bonds. The summed E-state index contributed by atoms with van der Waals surface area (Å²) in [6, 6.07) is 2.66. The molecule has 2 aromatic heterocycles. The minimum absolute atomic E-state index is 0.126. The first kappa shape index (κ1) is 27.7. The topological polar surface area (TPSA) is 57.1 Å². The molecule has 28 heavy (non-hydrogen) atoms. The summed E-state index contributed by atoms with van der Waals surface area (Å²) >= 11 is 0. The molecule has 0 bridgehead atoms. The molecule has 0 unspecified atom stereocenters. The summed E-state index contributed by atoms with van der Waals surface area (Å²) < 4.78 is 66.2. The second kappa shape index (κ2) is 15.5. The molecule has 0 N–H and O–H groups in total. The minimum atomic E-state index is -4.64. The lowest BCUT2D eigenvalue weighted by atomic mass is 10.4. The summed E-state index contributed by atoms with van der Waals surface area (Å²) in [6.45, 7) is 10.8. The standard InChI is InChI=1S/C7H6F3NO.C7H8F2N2O.2C2H6/c1-5-2-3-6(4-11-5)12-7(8,9)10;1-5-2-11-7(3-10-5)12-4-6(8)9;2*1-2/h2-4H,1H3;2-3,6H,4H2,1H3;2*1-2H3. The summed E-state index contributed by atoms with van der Waals surface area (Å²) in [5.41, 5.74) is 1.36. The maximum absolute atomic E-state index is 11.6. The van der Waals surface area contributed by atoms with Crippen LogP contribution in [0.15, 0.2) is 30.7 Å². The molecule has 2 heterocycles. The molecule has 0 fully saturated rings. The molecule has 5 nitrogen and oxygen atoms in total. The van der Waals surface area contributed by atoms with Crippen LogP contribution in [0.25, 0.3) is 0 Å². The van der Waals surface area contributed by atoms with Crippen molar-refractivity contribution in [1.82, 2.24) is 15.0 Å². The van der Waals surface area contributed by atoms with Gasteiger partial charge in [-0.15, -0.1) is 13.2 Å². The zero-order valence-electron chi connectivity index (χ0n) is 16.7. The van der Waals surface area contributed by atoms with E-state index >= 15 is 0 Å². The molecule has 0 spiro atoms. The molecule has 0 radical (unpaired) electrons. The average Bonchev–Trinajstić information content (AvgIpc) is 2.66. The first-order valence-electron chi connectivity index (χ1n) is 8.53. The van der Waals surface area contributed by atoms with Crippen molar-refractivity contribution in [3.8, 4) is 11.6 Å². The Bertz CT molecular complexity index is 606. The summed E-state index contributed by atoms with van der Waals surface area (Å²) in [6.07, 6.45) is -3.31. The van der Waals surface area contributed by atoms with E-state index in [1.54, 1.807) is 13.8 Å². The SMILES string of the molecule is CC.CC.Cc1ccc(OC(F)(F)F)cn1.Cc1cnc(OCC(F)F)cn1. The van der Waals surface area contributed by atoms with Gasteiger partial charge in [0.25, 0.3) is 6.43 Å². The molecular weight excluding hydrogens is 385 g/mol. The largest absolute Gasteiger partial charge is 0.573 e. The average molecular weight is 411 g/mol. The highest BCUT2D eigenvalue weighted by molar-refractivity contribution is 5.19. The second-order valence-electron chi connectivity index (χ2n) is 4.38. The van der Waals surface area contributed by atoms with E-state index in [0.29, 0.717) is 5.69 Å². The van der Waals surface area contributed by atoms with Crippen LogP contribution in [0.5, 0.6) is 11.6 Å². The van der Waals surface area contributed by atoms with E-state index in [1.165, 1.54) is 24.5 Å². The Kier molecular flexibility index (Phi) is 15.4. The Hall–Kier alpha value is -2.52. The van der Waals surface area contributed by atoms with Gasteiger partial charge < -0.3 is 9.47 Å². The van der Waals surface area contributed by atoms with Crippen LogP contribution in [0.3, 0.4) is 0 Å². The maximum atomic E-state index is 11.6. The van der Waals surface area contributed by atoms with Crippen molar-refractivity contribution in [3.05, 3.63) is 42.1 Å². The van der Waals surface area contributed by atoms with Crippen molar-refractivity contribution in [2.45, 2.75) is 54.3 Å². The molecule has 10 heteroatoms. The van der Waals surface area contributed by atoms with E-state index in [2.05, 4.69) is 24.4 Å². The van der Waals surface area contributed by atoms with E-state index < -0.39 is 19.4 Å². The fourth-order valence-electron chi connectivity index (χ4n) is 1.25. The molecule has 0 saturated heterocycles. The third-order valence-corrected chi connectivity index (χ3v) is 2.23. The van der Waals surface area contributed by atoms with E-state index in [-0.39, 0.29) is 11.6 Å². The highest BCUT2D eigenvalue weighted by Crippen LogP contribution is 2.21. The van der Waals surface area contributed by atoms with Crippen LogP contribution in [-0.4, -0.2) is 34.3 Å². The number of pyridine rings is 1. The molecule has 0 aromatic carbocycles. The predicted octanol–water partition coefficient (Wildman–Crippen LogP) is 5.77. The van der Waals surface area contributed by atoms with Gasteiger partial charge in [0.15, 0.2) is 6.61 Å². The van der Waals surface area contributed by atoms with Crippen LogP contribution in [0.2, 0.25) is 0 Å². The van der Waals surface area contributed by atoms with E-state index in [4.69, 9.17) is 0 Å². The van der Waals surface area contributed by atoms with Crippen LogP contribution in [-0.2, 0) is 0 Å². The summed E-state index contributed by atoms with van der Waals surface area (Å²) in [7, 11) is 0. The number of halogens is 5. The molecule has 2 rings (SSSR count). The normalized spacial score (nSPS) is 9.71. The molecule has 0 aliphatic heterocycles. The highest BCUT2D eigenvalue weighted by Gasteiger charge is 2.31. The van der Waals surface area contributed by atoms with Gasteiger partial charge in [0, 0.05) is 5.69 Å². The van der Waals surface area contributed by atoms with Gasteiger partial charge in [0.1, 0.15) is 5.75 Å². The molecular formula is C18H26F5N3O2. The Morgan fingerprint density at radius 2 is 1.43 bits per heavy atom. The molecule has 0 saturated carbocycles. The van der Waals surface area contributed by atoms with Crippen LogP contribution in [0.4, 0.5) is 22.0 Å². The number of hydrogen-bond donors (Lipinski definition) is 0. The third-order valence-electron chi connectivity index (χ3n) is 2.23. The minimum Gasteiger partial charge on any atom is -0.470 e. The lowest BCUT2D eigenvalue weighted by Gasteiger charge is -2.07. The van der Waals surface area contributed by atoms with Crippen molar-refractivity contribution in [1.29, 1.82) is 0 Å². The molecule has 0 aliphatic carbocycles. The Morgan fingerprint density at radius 3 is 1.82 bits per heavy atom. The number of nitrogens with zero attached hydrogens (tertiary/aromatic N) is 3. The van der Waals surface area contributed by atoms with Gasteiger partial charge in [0.2, 0.25) is 5.88 Å². The van der Waals surface area contributed by atoms with Crippen molar-refractivity contribution in [2.75, 3.05) is 6.61 Å². The van der Waals surface area contributed by atoms with Gasteiger partial charge in [-0.1, -0.05) is 27.7 Å². The van der Waals surface area contributed by atoms with Gasteiger partial charge in [-0.25, -0.2) is 13.8 Å². The Balaban J connectivity index is 0. The lowest BCUT2D eigenvalue weighted by molar-refractivity contribution is -0.274. The summed E-state index contributed by atoms with van der Waals surface area (Å²) in [4.78, 5) is 11.2. The Labute approximate surface area is 162 Å². The summed E-state index contributed by atoms with van der Waals surface area (Å²) in [5.74, 6) is -0.172. The van der Waals surface area contributed by atoms with Gasteiger partial charge in [-0.2, -0.15) is 0 Å². The quantitative estimate of drug-likeness (QED) is 0.598. The number of hydrogen-bond acceptors (Lipinski definition) is 5. The monoisotopic (exact) mass is 411 g/mol. The molecule has 160 valence electrons. The van der Waals surface area contributed by atoms with Crippen LogP contribution < -0.4 is 9.47 Å². The Morgan fingerprint density at radius 1 is 0.857 bits per heavy atom. The van der Waals surface area contributed by atoms with Crippen LogP contribution >= 0.6 is 0 Å². The van der Waals surface area contributed by atoms with Gasteiger partial charge >= 0.3 is 6.36 Å². The van der Waals surface area contributed by atoms with Crippen LogP contribution in [0.1, 0.15) is 39.1 Å². The highest BCUT2D eigenvalue weighted by atomic mass is 19.4. The first-order chi connectivity index (χ1) is 13.2. The predicted molar refractivity (Wildman–Crippen MR) is 96.6 cm³/mol. The number of ether oxygens (including phenoxy) is 2. The zero-order valence-corrected chi connectivity index (χ0v) is 16.7. The van der Waals surface area contributed by atoms with Crippen molar-refractivity contribution >= 4 is 0 Å². The smallest absolute Gasteiger partial charge is 0.470 e. The number of alkyl halides is 5. The van der Waals surface area contributed by atoms with Crippen molar-refractivity contribution in [3.63, 3.8) is 0 Å². The molecule has 2 aromatic rings. The van der Waals surface area contributed by atoms with Crippen molar-refractivity contribution in [2.24, 2.45) is 0 Å². The summed E-state index contributed by atoms with van der Waals surface area (Å²) in [5, 5.41) is 0. The van der Waals surface area contributed by atoms with Crippen LogP contribution in [0, 0.1) is 13.8 Å². The number of aryl methyl sites for hydroxylation is 2. The maximum Gasteiger partial charge on any atom is 0.573 e. The lowest BCUT2D eigenvalue weighted by Crippen LogP contribution is -2.17. The van der Waals surface area contributed by atoms with E-state index in [0.717, 1.165) is 11.9 Å². The molecule has 0 aliphatic rings. The first-order valence-corrected chi connectivity index (χ1v) is 8.53. The van der Waals surface area contributed by atoms with E-state index in [1.807, 2.05) is 27.7 Å². The zero-order chi connectivity index (χ0) is 22.2. The van der Waals surface area contributed by atoms with Gasteiger partial charge in [-0.3, -0.25) is 9.97 Å². The number of rotatable bonds is 4. The fourth-order valence-corrected chi connectivity index (χ4v) is 1.25. The second-order valence-corrected chi connectivity index (χ2v) is 4.38. The third kappa shape index (κ3) is 15.7. The van der Waals surface area contributed by atoms with Crippen molar-refractivity contribution < 1.29 is 31.4 Å². The van der Waals surface area contributed by atoms with E-state index in [9.17, 15) is 22.0 Å². The van der Waals surface area contributed by atoms with Gasteiger partial charge in [0.05, 0.1) is 24.3 Å².